The molecular weight excluding hydrogens is 278 g/mol. The topological polar surface area (TPSA) is 47.6 Å². The molecule has 1 N–H and O–H groups in total. The second-order valence-electron chi connectivity index (χ2n) is 6.48. The van der Waals surface area contributed by atoms with Crippen molar-refractivity contribution in [2.45, 2.75) is 44.6 Å². The van der Waals surface area contributed by atoms with Gasteiger partial charge in [-0.25, -0.2) is 0 Å². The molecule has 22 heavy (non-hydrogen) atoms. The zero-order valence-electron chi connectivity index (χ0n) is 13.2. The lowest BCUT2D eigenvalue weighted by atomic mass is 9.95. The molecule has 1 aromatic rings. The number of ether oxygens (including phenoxy) is 2. The Bertz CT molecular complexity index is 500. The lowest BCUT2D eigenvalue weighted by Crippen LogP contribution is -2.38. The highest BCUT2D eigenvalue weighted by Crippen LogP contribution is 2.44. The molecule has 3 rings (SSSR count). The van der Waals surface area contributed by atoms with Gasteiger partial charge >= 0.3 is 0 Å². The van der Waals surface area contributed by atoms with Crippen molar-refractivity contribution in [3.63, 3.8) is 0 Å². The number of benzene rings is 1. The van der Waals surface area contributed by atoms with Crippen LogP contribution in [0.5, 0.6) is 11.5 Å². The number of carbonyl (C=O) groups is 1. The maximum Gasteiger partial charge on any atom is 0.220 e. The van der Waals surface area contributed by atoms with Crippen LogP contribution in [0, 0.1) is 11.8 Å². The van der Waals surface area contributed by atoms with E-state index in [2.05, 4.69) is 5.32 Å². The van der Waals surface area contributed by atoms with E-state index < -0.39 is 0 Å². The van der Waals surface area contributed by atoms with E-state index in [1.54, 1.807) is 7.11 Å². The van der Waals surface area contributed by atoms with Gasteiger partial charge in [0.25, 0.3) is 0 Å². The third-order valence-corrected chi connectivity index (χ3v) is 4.96. The van der Waals surface area contributed by atoms with Crippen LogP contribution in [0.15, 0.2) is 24.3 Å². The molecule has 4 heteroatoms. The van der Waals surface area contributed by atoms with Crippen molar-refractivity contribution in [1.29, 1.82) is 0 Å². The zero-order valence-corrected chi connectivity index (χ0v) is 13.2. The van der Waals surface area contributed by atoms with E-state index in [1.807, 2.05) is 24.3 Å². The molecule has 0 spiro atoms. The van der Waals surface area contributed by atoms with Gasteiger partial charge in [0.1, 0.15) is 11.5 Å². The fraction of sp³-hybridized carbons (Fsp3) is 0.611. The Kier molecular flexibility index (Phi) is 4.86. The SMILES string of the molecule is COc1ccc(OCCCC(=O)N[C@@H]2C[C@H]3CC[C@H]2C3)cc1. The van der Waals surface area contributed by atoms with Gasteiger partial charge in [-0.2, -0.15) is 0 Å². The first-order valence-corrected chi connectivity index (χ1v) is 8.31. The van der Waals surface area contributed by atoms with Gasteiger partial charge in [-0.1, -0.05) is 6.42 Å². The minimum absolute atomic E-state index is 0.177. The second-order valence-corrected chi connectivity index (χ2v) is 6.48. The fourth-order valence-corrected chi connectivity index (χ4v) is 3.80. The molecule has 2 fully saturated rings. The Hall–Kier alpha value is -1.71. The monoisotopic (exact) mass is 303 g/mol. The van der Waals surface area contributed by atoms with Crippen LogP contribution in [0.1, 0.15) is 38.5 Å². The number of amides is 1. The molecule has 2 aliphatic carbocycles. The minimum Gasteiger partial charge on any atom is -0.497 e. The van der Waals surface area contributed by atoms with Crippen LogP contribution in [0.25, 0.3) is 0 Å². The summed E-state index contributed by atoms with van der Waals surface area (Å²) < 4.78 is 10.7. The van der Waals surface area contributed by atoms with E-state index in [9.17, 15) is 4.79 Å². The average molecular weight is 303 g/mol. The summed E-state index contributed by atoms with van der Waals surface area (Å²) in [5.41, 5.74) is 0. The Morgan fingerprint density at radius 1 is 1.18 bits per heavy atom. The van der Waals surface area contributed by atoms with Crippen LogP contribution in [0.3, 0.4) is 0 Å². The maximum atomic E-state index is 12.0. The van der Waals surface area contributed by atoms with Gasteiger partial charge in [-0.3, -0.25) is 4.79 Å². The Labute approximate surface area is 132 Å². The Morgan fingerprint density at radius 2 is 1.95 bits per heavy atom. The molecule has 0 aromatic heterocycles. The van der Waals surface area contributed by atoms with E-state index in [4.69, 9.17) is 9.47 Å². The number of fused-ring (bicyclic) bond motifs is 2. The molecule has 2 aliphatic rings. The third-order valence-electron chi connectivity index (χ3n) is 4.96. The van der Waals surface area contributed by atoms with Crippen molar-refractivity contribution < 1.29 is 14.3 Å². The van der Waals surface area contributed by atoms with E-state index in [1.165, 1.54) is 25.7 Å². The first-order chi connectivity index (χ1) is 10.7. The number of rotatable bonds is 7. The highest BCUT2D eigenvalue weighted by atomic mass is 16.5. The summed E-state index contributed by atoms with van der Waals surface area (Å²) in [6, 6.07) is 7.95. The number of hydrogen-bond acceptors (Lipinski definition) is 3. The number of hydrogen-bond donors (Lipinski definition) is 1. The Balaban J connectivity index is 1.31. The van der Waals surface area contributed by atoms with Crippen molar-refractivity contribution in [2.24, 2.45) is 11.8 Å². The number of methoxy groups -OCH3 is 1. The number of nitrogens with one attached hydrogen (secondary N) is 1. The highest BCUT2D eigenvalue weighted by molar-refractivity contribution is 5.76. The van der Waals surface area contributed by atoms with Gasteiger partial charge in [0.15, 0.2) is 0 Å². The lowest BCUT2D eigenvalue weighted by molar-refractivity contribution is -0.122. The molecule has 0 saturated heterocycles. The predicted molar refractivity (Wildman–Crippen MR) is 85.1 cm³/mol. The predicted octanol–water partition coefficient (Wildman–Crippen LogP) is 3.16. The van der Waals surface area contributed by atoms with E-state index >= 15 is 0 Å². The van der Waals surface area contributed by atoms with Gasteiger partial charge in [-0.05, 0) is 61.8 Å². The average Bonchev–Trinajstić information content (AvgIpc) is 3.15. The largest absolute Gasteiger partial charge is 0.497 e. The first kappa shape index (κ1) is 15.2. The van der Waals surface area contributed by atoms with Crippen molar-refractivity contribution in [2.75, 3.05) is 13.7 Å². The molecular formula is C18H25NO3. The highest BCUT2D eigenvalue weighted by Gasteiger charge is 2.39. The van der Waals surface area contributed by atoms with Gasteiger partial charge in [-0.15, -0.1) is 0 Å². The van der Waals surface area contributed by atoms with Crippen LogP contribution in [-0.4, -0.2) is 25.7 Å². The first-order valence-electron chi connectivity index (χ1n) is 8.31. The Morgan fingerprint density at radius 3 is 2.59 bits per heavy atom. The van der Waals surface area contributed by atoms with Gasteiger partial charge < -0.3 is 14.8 Å². The molecule has 0 radical (unpaired) electrons. The smallest absolute Gasteiger partial charge is 0.220 e. The number of carbonyl (C=O) groups excluding carboxylic acids is 1. The molecule has 120 valence electrons. The summed E-state index contributed by atoms with van der Waals surface area (Å²) >= 11 is 0. The molecule has 0 unspecified atom stereocenters. The summed E-state index contributed by atoms with van der Waals surface area (Å²) in [4.78, 5) is 12.0. The maximum absolute atomic E-state index is 12.0. The second kappa shape index (κ2) is 7.03. The lowest BCUT2D eigenvalue weighted by Gasteiger charge is -2.22. The summed E-state index contributed by atoms with van der Waals surface area (Å²) in [6.07, 6.45) is 6.48. The fourth-order valence-electron chi connectivity index (χ4n) is 3.80. The molecule has 2 bridgehead atoms. The molecule has 0 aliphatic heterocycles. The molecule has 4 nitrogen and oxygen atoms in total. The summed E-state index contributed by atoms with van der Waals surface area (Å²) in [6.45, 7) is 0.566. The van der Waals surface area contributed by atoms with Gasteiger partial charge in [0.05, 0.1) is 13.7 Å². The van der Waals surface area contributed by atoms with Crippen LogP contribution >= 0.6 is 0 Å². The standard InChI is InChI=1S/C18H25NO3/c1-21-15-6-8-16(9-7-15)22-10-2-3-18(20)19-17-12-13-4-5-14(17)11-13/h6-9,13-14,17H,2-5,10-12H2,1H3,(H,19,20)/t13-,14-,17+/m0/s1. The van der Waals surface area contributed by atoms with Crippen LogP contribution < -0.4 is 14.8 Å². The van der Waals surface area contributed by atoms with Crippen molar-refractivity contribution in [3.8, 4) is 11.5 Å². The zero-order chi connectivity index (χ0) is 15.4. The van der Waals surface area contributed by atoms with Gasteiger partial charge in [0, 0.05) is 12.5 Å². The van der Waals surface area contributed by atoms with E-state index in [0.29, 0.717) is 19.1 Å². The summed E-state index contributed by atoms with van der Waals surface area (Å²) in [5.74, 6) is 3.42. The molecule has 1 amide bonds. The van der Waals surface area contributed by atoms with Crippen molar-refractivity contribution in [3.05, 3.63) is 24.3 Å². The van der Waals surface area contributed by atoms with Crippen LogP contribution in [0.2, 0.25) is 0 Å². The molecule has 3 atom stereocenters. The van der Waals surface area contributed by atoms with Crippen molar-refractivity contribution in [1.82, 2.24) is 5.32 Å². The summed E-state index contributed by atoms with van der Waals surface area (Å²) in [7, 11) is 1.64. The van der Waals surface area contributed by atoms with Crippen LogP contribution in [-0.2, 0) is 4.79 Å². The minimum atomic E-state index is 0.177. The molecule has 0 heterocycles. The molecule has 1 aromatic carbocycles. The molecule has 2 saturated carbocycles. The van der Waals surface area contributed by atoms with Crippen LogP contribution in [0.4, 0.5) is 0 Å². The van der Waals surface area contributed by atoms with E-state index in [-0.39, 0.29) is 5.91 Å². The van der Waals surface area contributed by atoms with Crippen molar-refractivity contribution >= 4 is 5.91 Å². The van der Waals surface area contributed by atoms with E-state index in [0.717, 1.165) is 29.8 Å². The normalized spacial score (nSPS) is 26.0. The quantitative estimate of drug-likeness (QED) is 0.787. The third kappa shape index (κ3) is 3.73. The van der Waals surface area contributed by atoms with Gasteiger partial charge in [0.2, 0.25) is 5.91 Å². The summed E-state index contributed by atoms with van der Waals surface area (Å²) in [5, 5.41) is 3.21.